The Hall–Kier alpha value is -0.370. The van der Waals surface area contributed by atoms with Crippen LogP contribution in [0.15, 0.2) is 0 Å². The van der Waals surface area contributed by atoms with Gasteiger partial charge in [-0.1, -0.05) is 13.8 Å². The van der Waals surface area contributed by atoms with Crippen LogP contribution in [0.2, 0.25) is 0 Å². The molecule has 0 N–H and O–H groups in total. The molecule has 0 bridgehead atoms. The molecule has 2 nitrogen and oxygen atoms in total. The van der Waals surface area contributed by atoms with E-state index < -0.39 is 0 Å². The normalized spacial score (nSPS) is 27.1. The van der Waals surface area contributed by atoms with Crippen LogP contribution in [-0.4, -0.2) is 29.8 Å². The lowest BCUT2D eigenvalue weighted by atomic mass is 10.0. The average molecular weight is 211 g/mol. The Bertz CT molecular complexity index is 203. The molecule has 1 aliphatic rings. The lowest BCUT2D eigenvalue weighted by molar-refractivity contribution is -0.117. The van der Waals surface area contributed by atoms with Crippen molar-refractivity contribution < 1.29 is 4.79 Å². The van der Waals surface area contributed by atoms with Crippen molar-refractivity contribution in [2.75, 3.05) is 13.1 Å². The summed E-state index contributed by atoms with van der Waals surface area (Å²) < 4.78 is 0. The third-order valence-electron chi connectivity index (χ3n) is 3.64. The number of Topliss-reactive ketones (excluding diaryl/α,β-unsaturated/α-hetero) is 1. The van der Waals surface area contributed by atoms with E-state index in [-0.39, 0.29) is 0 Å². The van der Waals surface area contributed by atoms with Gasteiger partial charge in [-0.15, -0.1) is 0 Å². The highest BCUT2D eigenvalue weighted by atomic mass is 16.1. The van der Waals surface area contributed by atoms with Crippen LogP contribution >= 0.6 is 0 Å². The molecule has 2 heteroatoms. The fourth-order valence-corrected chi connectivity index (χ4v) is 2.71. The first-order valence-corrected chi connectivity index (χ1v) is 6.38. The van der Waals surface area contributed by atoms with Crippen LogP contribution in [0.25, 0.3) is 0 Å². The van der Waals surface area contributed by atoms with Gasteiger partial charge in [0.05, 0.1) is 0 Å². The molecule has 1 fully saturated rings. The maximum Gasteiger partial charge on any atom is 0.129 e. The van der Waals surface area contributed by atoms with E-state index in [1.165, 1.54) is 32.4 Å². The molecule has 0 aromatic carbocycles. The first-order valence-electron chi connectivity index (χ1n) is 6.38. The molecule has 2 unspecified atom stereocenters. The Kier molecular flexibility index (Phi) is 5.30. The van der Waals surface area contributed by atoms with Crippen molar-refractivity contribution in [3.8, 4) is 0 Å². The Morgan fingerprint density at radius 1 is 1.40 bits per heavy atom. The number of carbonyl (C=O) groups is 1. The number of hydrogen-bond donors (Lipinski definition) is 0. The number of unbranched alkanes of at least 4 members (excludes halogenated alkanes) is 1. The SMILES string of the molecule is CCC1C(C)CCN1CCCCC(C)=O. The molecule has 0 radical (unpaired) electrons. The molecule has 88 valence electrons. The predicted octanol–water partition coefficient (Wildman–Crippen LogP) is 2.87. The number of ketones is 1. The highest BCUT2D eigenvalue weighted by molar-refractivity contribution is 5.75. The summed E-state index contributed by atoms with van der Waals surface area (Å²) in [5.74, 6) is 1.19. The van der Waals surface area contributed by atoms with Crippen LogP contribution in [0.1, 0.15) is 52.9 Å². The van der Waals surface area contributed by atoms with Crippen molar-refractivity contribution >= 4 is 5.78 Å². The first kappa shape index (κ1) is 12.7. The highest BCUT2D eigenvalue weighted by Crippen LogP contribution is 2.26. The van der Waals surface area contributed by atoms with E-state index in [0.29, 0.717) is 5.78 Å². The molecule has 1 saturated heterocycles. The smallest absolute Gasteiger partial charge is 0.129 e. The van der Waals surface area contributed by atoms with E-state index in [2.05, 4.69) is 18.7 Å². The van der Waals surface area contributed by atoms with Crippen LogP contribution in [0.5, 0.6) is 0 Å². The van der Waals surface area contributed by atoms with Gasteiger partial charge < -0.3 is 9.69 Å². The van der Waals surface area contributed by atoms with Crippen molar-refractivity contribution in [1.82, 2.24) is 4.90 Å². The summed E-state index contributed by atoms with van der Waals surface area (Å²) in [4.78, 5) is 13.4. The quantitative estimate of drug-likeness (QED) is 0.630. The summed E-state index contributed by atoms with van der Waals surface area (Å²) >= 11 is 0. The van der Waals surface area contributed by atoms with Gasteiger partial charge in [-0.3, -0.25) is 0 Å². The van der Waals surface area contributed by atoms with Gasteiger partial charge in [-0.2, -0.15) is 0 Å². The summed E-state index contributed by atoms with van der Waals surface area (Å²) in [6, 6.07) is 0.794. The fourth-order valence-electron chi connectivity index (χ4n) is 2.71. The largest absolute Gasteiger partial charge is 0.300 e. The molecular weight excluding hydrogens is 186 g/mol. The number of hydrogen-bond acceptors (Lipinski definition) is 2. The maximum atomic E-state index is 10.8. The number of carbonyl (C=O) groups excluding carboxylic acids is 1. The zero-order valence-corrected chi connectivity index (χ0v) is 10.5. The zero-order valence-electron chi connectivity index (χ0n) is 10.5. The summed E-state index contributed by atoms with van der Waals surface area (Å²) in [7, 11) is 0. The second-order valence-corrected chi connectivity index (χ2v) is 4.94. The molecule has 2 atom stereocenters. The summed E-state index contributed by atoms with van der Waals surface area (Å²) in [5.41, 5.74) is 0. The molecule has 0 aromatic rings. The minimum Gasteiger partial charge on any atom is -0.300 e. The van der Waals surface area contributed by atoms with E-state index in [9.17, 15) is 4.79 Å². The Balaban J connectivity index is 2.18. The van der Waals surface area contributed by atoms with Crippen molar-refractivity contribution in [3.05, 3.63) is 0 Å². The van der Waals surface area contributed by atoms with Gasteiger partial charge in [0.15, 0.2) is 0 Å². The van der Waals surface area contributed by atoms with Crippen LogP contribution in [0.4, 0.5) is 0 Å². The topological polar surface area (TPSA) is 20.3 Å². The van der Waals surface area contributed by atoms with Gasteiger partial charge in [-0.05, 0) is 51.6 Å². The van der Waals surface area contributed by atoms with Crippen molar-refractivity contribution in [2.45, 2.75) is 58.9 Å². The fraction of sp³-hybridized carbons (Fsp3) is 0.923. The third kappa shape index (κ3) is 3.94. The molecule has 0 saturated carbocycles. The Morgan fingerprint density at radius 3 is 2.73 bits per heavy atom. The zero-order chi connectivity index (χ0) is 11.3. The van der Waals surface area contributed by atoms with Gasteiger partial charge in [0.1, 0.15) is 5.78 Å². The van der Waals surface area contributed by atoms with Crippen molar-refractivity contribution in [2.24, 2.45) is 5.92 Å². The Morgan fingerprint density at radius 2 is 2.13 bits per heavy atom. The molecule has 0 spiro atoms. The molecule has 0 aromatic heterocycles. The summed E-state index contributed by atoms with van der Waals surface area (Å²) in [6.45, 7) is 8.79. The second kappa shape index (κ2) is 6.26. The van der Waals surface area contributed by atoms with Crippen LogP contribution in [0.3, 0.4) is 0 Å². The molecule has 1 rings (SSSR count). The lowest BCUT2D eigenvalue weighted by Crippen LogP contribution is -2.32. The number of nitrogens with zero attached hydrogens (tertiary/aromatic N) is 1. The second-order valence-electron chi connectivity index (χ2n) is 4.94. The van der Waals surface area contributed by atoms with E-state index in [1.54, 1.807) is 6.92 Å². The third-order valence-corrected chi connectivity index (χ3v) is 3.64. The molecule has 1 aliphatic heterocycles. The predicted molar refractivity (Wildman–Crippen MR) is 64.0 cm³/mol. The van der Waals surface area contributed by atoms with Crippen LogP contribution in [-0.2, 0) is 4.79 Å². The molecule has 15 heavy (non-hydrogen) atoms. The van der Waals surface area contributed by atoms with Gasteiger partial charge in [-0.25, -0.2) is 0 Å². The minimum absolute atomic E-state index is 0.330. The van der Waals surface area contributed by atoms with Gasteiger partial charge >= 0.3 is 0 Å². The Labute approximate surface area is 94.0 Å². The lowest BCUT2D eigenvalue weighted by Gasteiger charge is -2.25. The van der Waals surface area contributed by atoms with E-state index >= 15 is 0 Å². The van der Waals surface area contributed by atoms with Gasteiger partial charge in [0, 0.05) is 12.5 Å². The van der Waals surface area contributed by atoms with Crippen LogP contribution < -0.4 is 0 Å². The summed E-state index contributed by atoms with van der Waals surface area (Å²) in [5, 5.41) is 0. The van der Waals surface area contributed by atoms with Gasteiger partial charge in [0.2, 0.25) is 0 Å². The molecule has 1 heterocycles. The average Bonchev–Trinajstić information content (AvgIpc) is 2.53. The number of rotatable bonds is 6. The molecule has 0 amide bonds. The molecule has 0 aliphatic carbocycles. The first-order chi connectivity index (χ1) is 7.15. The maximum absolute atomic E-state index is 10.8. The standard InChI is InChI=1S/C13H25NO/c1-4-13-11(2)8-10-14(13)9-6-5-7-12(3)15/h11,13H,4-10H2,1-3H3. The van der Waals surface area contributed by atoms with Gasteiger partial charge in [0.25, 0.3) is 0 Å². The molecular formula is C13H25NO. The minimum atomic E-state index is 0.330. The van der Waals surface area contributed by atoms with Crippen molar-refractivity contribution in [3.63, 3.8) is 0 Å². The summed E-state index contributed by atoms with van der Waals surface area (Å²) in [6.07, 6.45) is 5.64. The monoisotopic (exact) mass is 211 g/mol. The van der Waals surface area contributed by atoms with Crippen LogP contribution in [0, 0.1) is 5.92 Å². The van der Waals surface area contributed by atoms with Crippen molar-refractivity contribution in [1.29, 1.82) is 0 Å². The van der Waals surface area contributed by atoms with E-state index in [0.717, 1.165) is 24.8 Å². The van der Waals surface area contributed by atoms with E-state index in [1.807, 2.05) is 0 Å². The highest BCUT2D eigenvalue weighted by Gasteiger charge is 2.28. The number of likely N-dealkylation sites (tertiary alicyclic amines) is 1. The van der Waals surface area contributed by atoms with E-state index in [4.69, 9.17) is 0 Å².